The fourth-order valence-corrected chi connectivity index (χ4v) is 4.41. The summed E-state index contributed by atoms with van der Waals surface area (Å²) in [6.07, 6.45) is -5.27. The Morgan fingerprint density at radius 1 is 0.897 bits per heavy atom. The quantitative estimate of drug-likeness (QED) is 0.450. The molecule has 2 aliphatic rings. The molecule has 2 heterocycles. The number of ether oxygens (including phenoxy) is 2. The van der Waals surface area contributed by atoms with Crippen LogP contribution in [0.5, 0.6) is 11.5 Å². The maximum atomic E-state index is 13.0. The van der Waals surface area contributed by atoms with Gasteiger partial charge in [0.1, 0.15) is 18.1 Å². The molecule has 0 radical (unpaired) electrons. The Labute approximate surface area is 220 Å². The average molecular weight is 563 g/mol. The van der Waals surface area contributed by atoms with E-state index in [0.717, 1.165) is 39.0 Å². The van der Waals surface area contributed by atoms with Gasteiger partial charge in [0.15, 0.2) is 0 Å². The summed E-state index contributed by atoms with van der Waals surface area (Å²) in [5.74, 6) is -2.46. The van der Waals surface area contributed by atoms with Crippen LogP contribution in [0.3, 0.4) is 0 Å². The second-order valence-electron chi connectivity index (χ2n) is 9.11. The van der Waals surface area contributed by atoms with E-state index in [4.69, 9.17) is 14.6 Å². The van der Waals surface area contributed by atoms with Crippen molar-refractivity contribution in [1.82, 2.24) is 9.80 Å². The third kappa shape index (κ3) is 9.65. The van der Waals surface area contributed by atoms with Gasteiger partial charge in [0.05, 0.1) is 0 Å². The molecule has 39 heavy (non-hydrogen) atoms. The molecule has 2 saturated heterocycles. The van der Waals surface area contributed by atoms with E-state index in [1.54, 1.807) is 30.3 Å². The van der Waals surface area contributed by atoms with Crippen LogP contribution in [-0.2, 0) is 11.4 Å². The number of amides is 1. The Morgan fingerprint density at radius 2 is 1.54 bits per heavy atom. The number of likely N-dealkylation sites (tertiary alicyclic amines) is 2. The van der Waals surface area contributed by atoms with E-state index in [2.05, 4.69) is 9.64 Å². The van der Waals surface area contributed by atoms with E-state index < -0.39 is 18.5 Å². The van der Waals surface area contributed by atoms with Crippen molar-refractivity contribution < 1.29 is 50.5 Å². The van der Waals surface area contributed by atoms with Gasteiger partial charge in [-0.1, -0.05) is 12.1 Å². The van der Waals surface area contributed by atoms with Crippen molar-refractivity contribution in [2.45, 2.75) is 50.9 Å². The van der Waals surface area contributed by atoms with Gasteiger partial charge in [0.2, 0.25) is 0 Å². The van der Waals surface area contributed by atoms with Crippen LogP contribution in [0, 0.1) is 0 Å². The molecule has 2 aliphatic heterocycles. The first-order chi connectivity index (χ1) is 18.3. The van der Waals surface area contributed by atoms with Crippen molar-refractivity contribution >= 4 is 11.9 Å². The summed E-state index contributed by atoms with van der Waals surface area (Å²) in [5, 5.41) is 7.12. The van der Waals surface area contributed by atoms with E-state index >= 15 is 0 Å². The number of carboxylic acids is 1. The largest absolute Gasteiger partial charge is 0.573 e. The van der Waals surface area contributed by atoms with Gasteiger partial charge in [-0.2, -0.15) is 13.2 Å². The summed E-state index contributed by atoms with van der Waals surface area (Å²) in [4.78, 5) is 26.4. The zero-order chi connectivity index (χ0) is 28.6. The molecule has 0 bridgehead atoms. The second-order valence-corrected chi connectivity index (χ2v) is 9.11. The number of rotatable bonds is 7. The monoisotopic (exact) mass is 562 g/mol. The molecule has 2 fully saturated rings. The molecule has 0 aromatic heterocycles. The first-order valence-corrected chi connectivity index (χ1v) is 12.2. The Morgan fingerprint density at radius 3 is 2.13 bits per heavy atom. The highest BCUT2D eigenvalue weighted by Crippen LogP contribution is 2.25. The zero-order valence-corrected chi connectivity index (χ0v) is 20.8. The van der Waals surface area contributed by atoms with Crippen molar-refractivity contribution in [2.24, 2.45) is 0 Å². The van der Waals surface area contributed by atoms with Crippen molar-refractivity contribution in [2.75, 3.05) is 26.2 Å². The predicted molar refractivity (Wildman–Crippen MR) is 127 cm³/mol. The normalized spacial score (nSPS) is 17.9. The minimum absolute atomic E-state index is 0.0373. The highest BCUT2D eigenvalue weighted by Gasteiger charge is 2.38. The molecule has 4 rings (SSSR count). The van der Waals surface area contributed by atoms with Gasteiger partial charge < -0.3 is 24.4 Å². The molecule has 0 saturated carbocycles. The standard InChI is InChI=1S/C24H27F3N2O3.C2HF3O2/c25-24(26,27)32-22-7-3-5-18(15-22)17-31-21-10-8-19(9-11-21)23(30)29-14-4-6-20(29)16-28-12-1-2-13-28;3-2(4,5)1(6)7/h3,5,7-11,15,20H,1-2,4,6,12-14,16-17H2;(H,6,7). The smallest absolute Gasteiger partial charge is 0.489 e. The molecule has 1 unspecified atom stereocenters. The van der Waals surface area contributed by atoms with Gasteiger partial charge in [-0.05, 0) is 80.7 Å². The van der Waals surface area contributed by atoms with Gasteiger partial charge in [0, 0.05) is 24.7 Å². The van der Waals surface area contributed by atoms with Crippen LogP contribution in [0.1, 0.15) is 41.6 Å². The Balaban J connectivity index is 0.000000532. The fourth-order valence-electron chi connectivity index (χ4n) is 4.41. The van der Waals surface area contributed by atoms with Crippen molar-refractivity contribution in [1.29, 1.82) is 0 Å². The average Bonchev–Trinajstić information content (AvgIpc) is 3.54. The fraction of sp³-hybridized carbons (Fsp3) is 0.462. The van der Waals surface area contributed by atoms with E-state index in [0.29, 0.717) is 16.9 Å². The van der Waals surface area contributed by atoms with Crippen LogP contribution in [0.4, 0.5) is 26.3 Å². The van der Waals surface area contributed by atoms with Crippen LogP contribution < -0.4 is 9.47 Å². The van der Waals surface area contributed by atoms with Crippen LogP contribution >= 0.6 is 0 Å². The van der Waals surface area contributed by atoms with Crippen molar-refractivity contribution in [3.05, 3.63) is 59.7 Å². The molecule has 214 valence electrons. The second kappa shape index (κ2) is 13.0. The molecule has 0 aliphatic carbocycles. The lowest BCUT2D eigenvalue weighted by Gasteiger charge is -2.28. The number of carbonyl (C=O) groups is 2. The van der Waals surface area contributed by atoms with Gasteiger partial charge in [-0.25, -0.2) is 4.79 Å². The third-order valence-corrected chi connectivity index (χ3v) is 6.19. The third-order valence-electron chi connectivity index (χ3n) is 6.19. The molecule has 2 aromatic rings. The van der Waals surface area contributed by atoms with Gasteiger partial charge in [-0.15, -0.1) is 13.2 Å². The molecular formula is C26H28F6N2O5. The topological polar surface area (TPSA) is 79.3 Å². The summed E-state index contributed by atoms with van der Waals surface area (Å²) in [7, 11) is 0. The molecule has 7 nitrogen and oxygen atoms in total. The number of carbonyl (C=O) groups excluding carboxylic acids is 1. The number of alkyl halides is 6. The number of hydrogen-bond acceptors (Lipinski definition) is 5. The Bertz CT molecular complexity index is 1100. The summed E-state index contributed by atoms with van der Waals surface area (Å²) in [5.41, 5.74) is 1.17. The van der Waals surface area contributed by atoms with E-state index in [-0.39, 0.29) is 24.3 Å². The van der Waals surface area contributed by atoms with Gasteiger partial charge in [0.25, 0.3) is 5.91 Å². The minimum Gasteiger partial charge on any atom is -0.489 e. The lowest BCUT2D eigenvalue weighted by atomic mass is 10.1. The summed E-state index contributed by atoms with van der Waals surface area (Å²) in [6.45, 7) is 4.06. The van der Waals surface area contributed by atoms with Crippen LogP contribution in [0.2, 0.25) is 0 Å². The number of nitrogens with zero attached hydrogens (tertiary/aromatic N) is 2. The van der Waals surface area contributed by atoms with E-state index in [9.17, 15) is 31.1 Å². The van der Waals surface area contributed by atoms with Gasteiger partial charge >= 0.3 is 18.5 Å². The molecule has 2 aromatic carbocycles. The number of aliphatic carboxylic acids is 1. The number of benzene rings is 2. The van der Waals surface area contributed by atoms with Crippen LogP contribution in [0.15, 0.2) is 48.5 Å². The number of carboxylic acid groups (broad SMARTS) is 1. The maximum Gasteiger partial charge on any atom is 0.573 e. The summed E-state index contributed by atoms with van der Waals surface area (Å²) < 4.78 is 78.5. The summed E-state index contributed by atoms with van der Waals surface area (Å²) in [6, 6.07) is 12.9. The predicted octanol–water partition coefficient (Wildman–Crippen LogP) is 5.50. The highest BCUT2D eigenvalue weighted by molar-refractivity contribution is 5.94. The Hall–Kier alpha value is -3.48. The van der Waals surface area contributed by atoms with E-state index in [1.165, 1.54) is 31.0 Å². The van der Waals surface area contributed by atoms with Crippen LogP contribution in [-0.4, -0.2) is 71.5 Å². The molecule has 0 spiro atoms. The van der Waals surface area contributed by atoms with E-state index in [1.807, 2.05) is 4.90 Å². The molecule has 13 heteroatoms. The highest BCUT2D eigenvalue weighted by atomic mass is 19.4. The van der Waals surface area contributed by atoms with Crippen LogP contribution in [0.25, 0.3) is 0 Å². The Kier molecular flexibility index (Phi) is 10.1. The lowest BCUT2D eigenvalue weighted by molar-refractivity contribution is -0.274. The maximum absolute atomic E-state index is 13.0. The lowest BCUT2D eigenvalue weighted by Crippen LogP contribution is -2.42. The summed E-state index contributed by atoms with van der Waals surface area (Å²) >= 11 is 0. The molecule has 1 N–H and O–H groups in total. The zero-order valence-electron chi connectivity index (χ0n) is 20.8. The molecular weight excluding hydrogens is 534 g/mol. The first-order valence-electron chi connectivity index (χ1n) is 12.2. The van der Waals surface area contributed by atoms with Crippen molar-refractivity contribution in [3.8, 4) is 11.5 Å². The number of hydrogen-bond donors (Lipinski definition) is 1. The molecule has 1 atom stereocenters. The molecule has 1 amide bonds. The minimum atomic E-state index is -5.08. The first kappa shape index (κ1) is 30.1. The van der Waals surface area contributed by atoms with Gasteiger partial charge in [-0.3, -0.25) is 4.79 Å². The SMILES string of the molecule is O=C(O)C(F)(F)F.O=C(c1ccc(OCc2cccc(OC(F)(F)F)c2)cc1)N1CCCC1CN1CCCC1. The van der Waals surface area contributed by atoms with Crippen molar-refractivity contribution in [3.63, 3.8) is 0 Å². The number of halogens is 6.